The second-order valence-corrected chi connectivity index (χ2v) is 2.82. The third kappa shape index (κ3) is 3.57. The Morgan fingerprint density at radius 2 is 2.46 bits per heavy atom. The van der Waals surface area contributed by atoms with Crippen molar-refractivity contribution < 1.29 is 4.74 Å². The summed E-state index contributed by atoms with van der Waals surface area (Å²) in [5.74, 6) is 0. The van der Waals surface area contributed by atoms with Gasteiger partial charge in [-0.3, -0.25) is 4.68 Å². The third-order valence-corrected chi connectivity index (χ3v) is 1.79. The van der Waals surface area contributed by atoms with E-state index in [1.807, 2.05) is 23.9 Å². The lowest BCUT2D eigenvalue weighted by Crippen LogP contribution is -2.05. The zero-order chi connectivity index (χ0) is 9.52. The number of hydrogen-bond acceptors (Lipinski definition) is 3. The molecule has 4 nitrogen and oxygen atoms in total. The summed E-state index contributed by atoms with van der Waals surface area (Å²) in [6, 6.07) is 1.95. The molecule has 0 saturated heterocycles. The first-order valence-corrected chi connectivity index (χ1v) is 4.67. The van der Waals surface area contributed by atoms with E-state index in [4.69, 9.17) is 10.5 Å². The van der Waals surface area contributed by atoms with E-state index in [0.717, 1.165) is 31.9 Å². The number of aryl methyl sites for hydroxylation is 1. The van der Waals surface area contributed by atoms with Gasteiger partial charge in [-0.05, 0) is 19.4 Å². The Morgan fingerprint density at radius 3 is 3.08 bits per heavy atom. The predicted octanol–water partition coefficient (Wildman–Crippen LogP) is 0.768. The molecule has 0 amide bonds. The Morgan fingerprint density at radius 1 is 1.62 bits per heavy atom. The fourth-order valence-corrected chi connectivity index (χ4v) is 1.11. The van der Waals surface area contributed by atoms with Crippen LogP contribution in [0.5, 0.6) is 0 Å². The van der Waals surface area contributed by atoms with Crippen LogP contribution in [0, 0.1) is 0 Å². The van der Waals surface area contributed by atoms with Gasteiger partial charge in [-0.25, -0.2) is 0 Å². The summed E-state index contributed by atoms with van der Waals surface area (Å²) in [5.41, 5.74) is 6.38. The zero-order valence-electron chi connectivity index (χ0n) is 8.07. The van der Waals surface area contributed by atoms with E-state index in [9.17, 15) is 0 Å². The Balaban J connectivity index is 2.20. The van der Waals surface area contributed by atoms with Crippen molar-refractivity contribution >= 4 is 0 Å². The average Bonchev–Trinajstić information content (AvgIpc) is 2.60. The van der Waals surface area contributed by atoms with Gasteiger partial charge in [0.15, 0.2) is 0 Å². The summed E-state index contributed by atoms with van der Waals surface area (Å²) in [6.07, 6.45) is 2.95. The lowest BCUT2D eigenvalue weighted by Gasteiger charge is -2.01. The third-order valence-electron chi connectivity index (χ3n) is 1.79. The van der Waals surface area contributed by atoms with Crippen LogP contribution in [-0.2, 0) is 17.8 Å². The average molecular weight is 183 g/mol. The summed E-state index contributed by atoms with van der Waals surface area (Å²) in [5, 5.41) is 4.26. The van der Waals surface area contributed by atoms with Crippen molar-refractivity contribution in [1.82, 2.24) is 9.78 Å². The molecule has 0 aliphatic carbocycles. The van der Waals surface area contributed by atoms with E-state index in [1.54, 1.807) is 0 Å². The molecule has 4 heteroatoms. The summed E-state index contributed by atoms with van der Waals surface area (Å²) in [4.78, 5) is 0. The number of rotatable bonds is 6. The van der Waals surface area contributed by atoms with Crippen molar-refractivity contribution in [2.75, 3.05) is 13.2 Å². The lowest BCUT2D eigenvalue weighted by molar-refractivity contribution is 0.140. The number of hydrogen-bond donors (Lipinski definition) is 1. The highest BCUT2D eigenvalue weighted by Crippen LogP contribution is 1.95. The molecule has 1 aromatic heterocycles. The van der Waals surface area contributed by atoms with Gasteiger partial charge in [-0.2, -0.15) is 5.10 Å². The number of ether oxygens (including phenoxy) is 1. The van der Waals surface area contributed by atoms with E-state index < -0.39 is 0 Å². The molecule has 0 bridgehead atoms. The quantitative estimate of drug-likeness (QED) is 0.663. The summed E-state index contributed by atoms with van der Waals surface area (Å²) in [7, 11) is 0. The maximum absolute atomic E-state index is 5.44. The van der Waals surface area contributed by atoms with Crippen LogP contribution in [-0.4, -0.2) is 23.0 Å². The van der Waals surface area contributed by atoms with Crippen molar-refractivity contribution in [2.24, 2.45) is 5.73 Å². The molecule has 0 aliphatic heterocycles. The van der Waals surface area contributed by atoms with Gasteiger partial charge < -0.3 is 10.5 Å². The fraction of sp³-hybridized carbons (Fsp3) is 0.667. The Hall–Kier alpha value is -0.870. The maximum atomic E-state index is 5.44. The highest BCUT2D eigenvalue weighted by Gasteiger charge is 1.95. The standard InChI is InChI=1S/C9H17N3O/c1-2-13-7-3-5-12-6-4-9(8-10)11-12/h4,6H,2-3,5,7-8,10H2,1H3. The monoisotopic (exact) mass is 183 g/mol. The molecule has 0 spiro atoms. The second-order valence-electron chi connectivity index (χ2n) is 2.82. The fourth-order valence-electron chi connectivity index (χ4n) is 1.11. The van der Waals surface area contributed by atoms with Crippen molar-refractivity contribution in [2.45, 2.75) is 26.4 Å². The van der Waals surface area contributed by atoms with Crippen LogP contribution in [0.2, 0.25) is 0 Å². The van der Waals surface area contributed by atoms with Crippen LogP contribution in [0.25, 0.3) is 0 Å². The van der Waals surface area contributed by atoms with Crippen LogP contribution >= 0.6 is 0 Å². The van der Waals surface area contributed by atoms with Gasteiger partial charge in [0.1, 0.15) is 0 Å². The first-order valence-electron chi connectivity index (χ1n) is 4.67. The molecule has 1 aromatic rings. The molecular formula is C9H17N3O. The number of nitrogens with zero attached hydrogens (tertiary/aromatic N) is 2. The number of aromatic nitrogens is 2. The molecular weight excluding hydrogens is 166 g/mol. The van der Waals surface area contributed by atoms with E-state index >= 15 is 0 Å². The topological polar surface area (TPSA) is 53.1 Å². The lowest BCUT2D eigenvalue weighted by atomic mass is 10.4. The molecule has 0 atom stereocenters. The van der Waals surface area contributed by atoms with Gasteiger partial charge in [0.25, 0.3) is 0 Å². The van der Waals surface area contributed by atoms with Crippen LogP contribution in [0.3, 0.4) is 0 Å². The highest BCUT2D eigenvalue weighted by atomic mass is 16.5. The largest absolute Gasteiger partial charge is 0.382 e. The van der Waals surface area contributed by atoms with Crippen molar-refractivity contribution in [1.29, 1.82) is 0 Å². The first kappa shape index (κ1) is 10.2. The van der Waals surface area contributed by atoms with Gasteiger partial charge in [0, 0.05) is 32.5 Å². The molecule has 0 saturated carbocycles. The van der Waals surface area contributed by atoms with E-state index in [2.05, 4.69) is 5.10 Å². The molecule has 2 N–H and O–H groups in total. The first-order chi connectivity index (χ1) is 6.36. The minimum Gasteiger partial charge on any atom is -0.382 e. The summed E-state index contributed by atoms with van der Waals surface area (Å²) < 4.78 is 7.13. The molecule has 0 aliphatic rings. The zero-order valence-corrected chi connectivity index (χ0v) is 8.07. The van der Waals surface area contributed by atoms with Gasteiger partial charge in [-0.1, -0.05) is 0 Å². The molecule has 0 fully saturated rings. The summed E-state index contributed by atoms with van der Waals surface area (Å²) >= 11 is 0. The van der Waals surface area contributed by atoms with Crippen molar-refractivity contribution in [3.8, 4) is 0 Å². The second kappa shape index (κ2) is 5.72. The minimum absolute atomic E-state index is 0.512. The minimum atomic E-state index is 0.512. The van der Waals surface area contributed by atoms with Crippen LogP contribution in [0.4, 0.5) is 0 Å². The summed E-state index contributed by atoms with van der Waals surface area (Å²) in [6.45, 7) is 5.00. The Bertz CT molecular complexity index is 235. The number of nitrogens with two attached hydrogens (primary N) is 1. The molecule has 1 rings (SSSR count). The Labute approximate surface area is 78.7 Å². The molecule has 0 radical (unpaired) electrons. The van der Waals surface area contributed by atoms with E-state index in [1.165, 1.54) is 0 Å². The molecule has 13 heavy (non-hydrogen) atoms. The van der Waals surface area contributed by atoms with E-state index in [-0.39, 0.29) is 0 Å². The van der Waals surface area contributed by atoms with E-state index in [0.29, 0.717) is 6.54 Å². The van der Waals surface area contributed by atoms with Crippen LogP contribution in [0.15, 0.2) is 12.3 Å². The molecule has 0 unspecified atom stereocenters. The molecule has 74 valence electrons. The smallest absolute Gasteiger partial charge is 0.0760 e. The Kier molecular flexibility index (Phi) is 4.49. The van der Waals surface area contributed by atoms with Crippen molar-refractivity contribution in [3.05, 3.63) is 18.0 Å². The van der Waals surface area contributed by atoms with Crippen LogP contribution in [0.1, 0.15) is 19.0 Å². The SMILES string of the molecule is CCOCCCn1ccc(CN)n1. The highest BCUT2D eigenvalue weighted by molar-refractivity contribution is 4.97. The predicted molar refractivity (Wildman–Crippen MR) is 51.2 cm³/mol. The van der Waals surface area contributed by atoms with Gasteiger partial charge in [0.2, 0.25) is 0 Å². The molecule has 1 heterocycles. The maximum Gasteiger partial charge on any atom is 0.0760 e. The van der Waals surface area contributed by atoms with Gasteiger partial charge in [-0.15, -0.1) is 0 Å². The van der Waals surface area contributed by atoms with Gasteiger partial charge in [0.05, 0.1) is 5.69 Å². The van der Waals surface area contributed by atoms with Crippen LogP contribution < -0.4 is 5.73 Å². The molecule has 0 aromatic carbocycles. The van der Waals surface area contributed by atoms with Gasteiger partial charge >= 0.3 is 0 Å². The van der Waals surface area contributed by atoms with Crippen molar-refractivity contribution in [3.63, 3.8) is 0 Å². The normalized spacial score (nSPS) is 10.6.